The van der Waals surface area contributed by atoms with Gasteiger partial charge in [-0.25, -0.2) is 0 Å². The molecule has 1 aromatic rings. The molecular weight excluding hydrogens is 290 g/mol. The highest BCUT2D eigenvalue weighted by Crippen LogP contribution is 2.23. The van der Waals surface area contributed by atoms with Crippen LogP contribution in [0.2, 0.25) is 0 Å². The van der Waals surface area contributed by atoms with Crippen molar-refractivity contribution in [2.75, 3.05) is 26.7 Å². The van der Waals surface area contributed by atoms with Gasteiger partial charge in [0.05, 0.1) is 5.92 Å². The molecule has 23 heavy (non-hydrogen) atoms. The fraction of sp³-hybridized carbons (Fsp3) is 0.556. The first-order valence-corrected chi connectivity index (χ1v) is 8.09. The van der Waals surface area contributed by atoms with Gasteiger partial charge in [-0.3, -0.25) is 9.59 Å². The molecule has 5 nitrogen and oxygen atoms in total. The van der Waals surface area contributed by atoms with Gasteiger partial charge in [-0.1, -0.05) is 44.2 Å². The number of carbonyl (C=O) groups excluding carboxylic acids is 2. The van der Waals surface area contributed by atoms with E-state index in [0.717, 1.165) is 5.56 Å². The van der Waals surface area contributed by atoms with E-state index in [0.29, 0.717) is 32.6 Å². The van der Waals surface area contributed by atoms with Crippen LogP contribution in [-0.4, -0.2) is 48.3 Å². The standard InChI is InChI=1S/C18H27N3O2/c1-18(2,12-19)13-20(3)17(23)15-9-16(22)21(11-15)10-14-7-5-4-6-8-14/h4-8,15H,9-13,19H2,1-3H3. The summed E-state index contributed by atoms with van der Waals surface area (Å²) in [5.41, 5.74) is 6.71. The summed E-state index contributed by atoms with van der Waals surface area (Å²) >= 11 is 0. The predicted octanol–water partition coefficient (Wildman–Crippen LogP) is 1.48. The fourth-order valence-electron chi connectivity index (χ4n) is 2.99. The summed E-state index contributed by atoms with van der Waals surface area (Å²) in [6.07, 6.45) is 0.305. The molecule has 2 N–H and O–H groups in total. The van der Waals surface area contributed by atoms with Crippen molar-refractivity contribution in [3.05, 3.63) is 35.9 Å². The van der Waals surface area contributed by atoms with Gasteiger partial charge in [0, 0.05) is 33.1 Å². The summed E-state index contributed by atoms with van der Waals surface area (Å²) in [7, 11) is 1.80. The molecule has 1 aliphatic rings. The second-order valence-electron chi connectivity index (χ2n) is 7.22. The summed E-state index contributed by atoms with van der Waals surface area (Å²) < 4.78 is 0. The summed E-state index contributed by atoms with van der Waals surface area (Å²) in [5.74, 6) is -0.154. The molecule has 1 unspecified atom stereocenters. The smallest absolute Gasteiger partial charge is 0.227 e. The predicted molar refractivity (Wildman–Crippen MR) is 90.4 cm³/mol. The molecule has 2 rings (SSSR count). The molecule has 1 heterocycles. The van der Waals surface area contributed by atoms with Crippen molar-refractivity contribution in [3.63, 3.8) is 0 Å². The van der Waals surface area contributed by atoms with Crippen molar-refractivity contribution < 1.29 is 9.59 Å². The third kappa shape index (κ3) is 4.55. The van der Waals surface area contributed by atoms with Crippen LogP contribution in [0.1, 0.15) is 25.8 Å². The van der Waals surface area contributed by atoms with Gasteiger partial charge in [0.2, 0.25) is 11.8 Å². The SMILES string of the molecule is CN(CC(C)(C)CN)C(=O)C1CC(=O)N(Cc2ccccc2)C1. The van der Waals surface area contributed by atoms with Crippen molar-refractivity contribution in [1.29, 1.82) is 0 Å². The van der Waals surface area contributed by atoms with E-state index in [-0.39, 0.29) is 23.1 Å². The number of benzene rings is 1. The van der Waals surface area contributed by atoms with Crippen LogP contribution in [0.5, 0.6) is 0 Å². The van der Waals surface area contributed by atoms with E-state index in [1.165, 1.54) is 0 Å². The lowest BCUT2D eigenvalue weighted by Crippen LogP contribution is -2.42. The third-order valence-electron chi connectivity index (χ3n) is 4.37. The zero-order valence-corrected chi connectivity index (χ0v) is 14.3. The van der Waals surface area contributed by atoms with Crippen LogP contribution in [0.15, 0.2) is 30.3 Å². The highest BCUT2D eigenvalue weighted by Gasteiger charge is 2.36. The second kappa shape index (κ2) is 7.13. The molecule has 0 spiro atoms. The fourth-order valence-corrected chi connectivity index (χ4v) is 2.99. The molecule has 1 aliphatic heterocycles. The summed E-state index contributed by atoms with van der Waals surface area (Å²) in [5, 5.41) is 0. The van der Waals surface area contributed by atoms with E-state index in [1.807, 2.05) is 44.2 Å². The minimum atomic E-state index is -0.246. The Labute approximate surface area is 138 Å². The number of hydrogen-bond acceptors (Lipinski definition) is 3. The van der Waals surface area contributed by atoms with E-state index in [1.54, 1.807) is 16.8 Å². The lowest BCUT2D eigenvalue weighted by atomic mass is 9.92. The Morgan fingerprint density at radius 2 is 2.00 bits per heavy atom. The Hall–Kier alpha value is -1.88. The van der Waals surface area contributed by atoms with E-state index >= 15 is 0 Å². The Morgan fingerprint density at radius 3 is 2.61 bits per heavy atom. The van der Waals surface area contributed by atoms with E-state index in [2.05, 4.69) is 0 Å². The highest BCUT2D eigenvalue weighted by atomic mass is 16.2. The number of nitrogens with two attached hydrogens (primary N) is 1. The van der Waals surface area contributed by atoms with Crippen molar-refractivity contribution >= 4 is 11.8 Å². The van der Waals surface area contributed by atoms with Crippen molar-refractivity contribution in [2.45, 2.75) is 26.8 Å². The Kier molecular flexibility index (Phi) is 5.42. The van der Waals surface area contributed by atoms with E-state index in [4.69, 9.17) is 5.73 Å². The zero-order valence-electron chi connectivity index (χ0n) is 14.3. The molecule has 0 saturated carbocycles. The normalized spacial score (nSPS) is 18.3. The molecule has 0 aromatic heterocycles. The van der Waals surface area contributed by atoms with Crippen LogP contribution >= 0.6 is 0 Å². The summed E-state index contributed by atoms with van der Waals surface area (Å²) in [6.45, 7) is 6.28. The van der Waals surface area contributed by atoms with E-state index < -0.39 is 0 Å². The molecular formula is C18H27N3O2. The minimum Gasteiger partial charge on any atom is -0.345 e. The molecule has 1 fully saturated rings. The third-order valence-corrected chi connectivity index (χ3v) is 4.37. The number of carbonyl (C=O) groups is 2. The van der Waals surface area contributed by atoms with Gasteiger partial charge in [0.25, 0.3) is 0 Å². The molecule has 1 aromatic carbocycles. The first-order chi connectivity index (χ1) is 10.8. The zero-order chi connectivity index (χ0) is 17.0. The lowest BCUT2D eigenvalue weighted by molar-refractivity contribution is -0.135. The molecule has 1 saturated heterocycles. The van der Waals surface area contributed by atoms with Gasteiger partial charge >= 0.3 is 0 Å². The number of hydrogen-bond donors (Lipinski definition) is 1. The Bertz CT molecular complexity index is 557. The quantitative estimate of drug-likeness (QED) is 0.864. The number of nitrogens with zero attached hydrogens (tertiary/aromatic N) is 2. The number of rotatable bonds is 6. The molecule has 0 aliphatic carbocycles. The van der Waals surface area contributed by atoms with Crippen LogP contribution in [-0.2, 0) is 16.1 Å². The van der Waals surface area contributed by atoms with Crippen molar-refractivity contribution in [2.24, 2.45) is 17.1 Å². The minimum absolute atomic E-state index is 0.0374. The maximum atomic E-state index is 12.6. The van der Waals surface area contributed by atoms with Gasteiger partial charge in [0.15, 0.2) is 0 Å². The molecule has 0 radical (unpaired) electrons. The Balaban J connectivity index is 1.95. The van der Waals surface area contributed by atoms with Crippen LogP contribution in [0.4, 0.5) is 0 Å². The maximum Gasteiger partial charge on any atom is 0.227 e. The molecule has 0 bridgehead atoms. The van der Waals surface area contributed by atoms with Gasteiger partial charge in [0.1, 0.15) is 0 Å². The van der Waals surface area contributed by atoms with Crippen LogP contribution < -0.4 is 5.73 Å². The number of amides is 2. The summed E-state index contributed by atoms with van der Waals surface area (Å²) in [6, 6.07) is 9.87. The van der Waals surface area contributed by atoms with Crippen LogP contribution in [0.25, 0.3) is 0 Å². The summed E-state index contributed by atoms with van der Waals surface area (Å²) in [4.78, 5) is 28.3. The second-order valence-corrected chi connectivity index (χ2v) is 7.22. The van der Waals surface area contributed by atoms with Crippen LogP contribution in [0.3, 0.4) is 0 Å². The van der Waals surface area contributed by atoms with E-state index in [9.17, 15) is 9.59 Å². The van der Waals surface area contributed by atoms with Gasteiger partial charge in [-0.05, 0) is 17.5 Å². The van der Waals surface area contributed by atoms with Gasteiger partial charge in [-0.15, -0.1) is 0 Å². The average Bonchev–Trinajstić information content (AvgIpc) is 2.88. The monoisotopic (exact) mass is 317 g/mol. The molecule has 2 amide bonds. The Morgan fingerprint density at radius 1 is 1.35 bits per heavy atom. The van der Waals surface area contributed by atoms with Gasteiger partial charge in [-0.2, -0.15) is 0 Å². The number of likely N-dealkylation sites (tertiary alicyclic amines) is 1. The van der Waals surface area contributed by atoms with Crippen molar-refractivity contribution in [1.82, 2.24) is 9.80 Å². The van der Waals surface area contributed by atoms with Crippen molar-refractivity contribution in [3.8, 4) is 0 Å². The molecule has 126 valence electrons. The molecule has 1 atom stereocenters. The topological polar surface area (TPSA) is 66.6 Å². The first-order valence-electron chi connectivity index (χ1n) is 8.09. The van der Waals surface area contributed by atoms with Crippen LogP contribution in [0, 0.1) is 11.3 Å². The van der Waals surface area contributed by atoms with Gasteiger partial charge < -0.3 is 15.5 Å². The lowest BCUT2D eigenvalue weighted by Gasteiger charge is -2.30. The highest BCUT2D eigenvalue weighted by molar-refractivity contribution is 5.89. The largest absolute Gasteiger partial charge is 0.345 e. The maximum absolute atomic E-state index is 12.6. The first kappa shape index (κ1) is 17.5. The molecule has 5 heteroatoms. The average molecular weight is 317 g/mol.